The molecule has 2 saturated carbocycles. The molecule has 1 atom stereocenters. The minimum atomic E-state index is -0.825. The molecule has 35 heavy (non-hydrogen) atoms. The van der Waals surface area contributed by atoms with E-state index in [2.05, 4.69) is 36.5 Å². The Morgan fingerprint density at radius 2 is 1.66 bits per heavy atom. The number of aromatic nitrogens is 2. The molecule has 2 heterocycles. The van der Waals surface area contributed by atoms with E-state index in [0.29, 0.717) is 12.2 Å². The zero-order valence-corrected chi connectivity index (χ0v) is 21.8. The van der Waals surface area contributed by atoms with Crippen LogP contribution in [0.5, 0.6) is 0 Å². The third kappa shape index (κ3) is 5.69. The van der Waals surface area contributed by atoms with Gasteiger partial charge in [-0.1, -0.05) is 69.7 Å². The summed E-state index contributed by atoms with van der Waals surface area (Å²) in [6.07, 6.45) is 14.7. The van der Waals surface area contributed by atoms with E-state index in [-0.39, 0.29) is 11.9 Å². The van der Waals surface area contributed by atoms with E-state index >= 15 is 0 Å². The van der Waals surface area contributed by atoms with Crippen LogP contribution in [0.3, 0.4) is 0 Å². The summed E-state index contributed by atoms with van der Waals surface area (Å²) in [5.74, 6) is -0.0679. The molecule has 1 aliphatic heterocycles. The van der Waals surface area contributed by atoms with Gasteiger partial charge in [-0.15, -0.1) is 0 Å². The number of aryl methyl sites for hydroxylation is 1. The lowest BCUT2D eigenvalue weighted by Gasteiger charge is -2.44. The first-order valence-corrected chi connectivity index (χ1v) is 13.6. The van der Waals surface area contributed by atoms with E-state index in [1.54, 1.807) is 4.68 Å². The first-order valence-electron chi connectivity index (χ1n) is 13.6. The van der Waals surface area contributed by atoms with Crippen LogP contribution in [0.2, 0.25) is 0 Å². The first kappa shape index (κ1) is 25.6. The maximum atomic E-state index is 13.2. The lowest BCUT2D eigenvalue weighted by Crippen LogP contribution is -2.60. The molecule has 0 bridgehead atoms. The van der Waals surface area contributed by atoms with Gasteiger partial charge in [0.2, 0.25) is 0 Å². The number of hydrogen-bond acceptors (Lipinski definition) is 4. The third-order valence-corrected chi connectivity index (χ3v) is 8.10. The number of aldehydes is 1. The zero-order chi connectivity index (χ0) is 24.8. The quantitative estimate of drug-likeness (QED) is 0.462. The van der Waals surface area contributed by atoms with Crippen molar-refractivity contribution in [3.05, 3.63) is 41.6 Å². The van der Waals surface area contributed by atoms with Gasteiger partial charge in [0.15, 0.2) is 0 Å². The molecule has 1 unspecified atom stereocenters. The second kappa shape index (κ2) is 11.5. The molecule has 2 aromatic rings. The van der Waals surface area contributed by atoms with Crippen molar-refractivity contribution in [2.24, 2.45) is 0 Å². The molecule has 190 valence electrons. The van der Waals surface area contributed by atoms with Crippen molar-refractivity contribution in [3.63, 3.8) is 0 Å². The fourth-order valence-corrected chi connectivity index (χ4v) is 5.90. The fraction of sp³-hybridized carbons (Fsp3) is 0.621. The van der Waals surface area contributed by atoms with Crippen molar-refractivity contribution in [2.45, 2.75) is 109 Å². The molecule has 0 saturated heterocycles. The summed E-state index contributed by atoms with van der Waals surface area (Å²) in [6.45, 7) is 4.40. The molecule has 0 radical (unpaired) electrons. The molecule has 0 spiro atoms. The number of benzene rings is 1. The minimum Gasteiger partial charge on any atom is -0.320 e. The Labute approximate surface area is 210 Å². The number of nitrogens with one attached hydrogen (secondary N) is 1. The number of rotatable bonds is 5. The maximum absolute atomic E-state index is 13.2. The van der Waals surface area contributed by atoms with Crippen LogP contribution in [0.1, 0.15) is 94.1 Å². The molecule has 1 amide bonds. The normalized spacial score (nSPS) is 23.4. The summed E-state index contributed by atoms with van der Waals surface area (Å²) in [5.41, 5.74) is 2.82. The Morgan fingerprint density at radius 3 is 2.23 bits per heavy atom. The highest BCUT2D eigenvalue weighted by molar-refractivity contribution is 5.97. The average molecular weight is 479 g/mol. The lowest BCUT2D eigenvalue weighted by molar-refractivity contribution is -0.119. The zero-order valence-electron chi connectivity index (χ0n) is 21.8. The molecule has 2 fully saturated rings. The maximum Gasteiger partial charge on any atom is 0.273 e. The number of fused-ring (bicyclic) bond motifs is 1. The van der Waals surface area contributed by atoms with Gasteiger partial charge < -0.3 is 15.0 Å². The van der Waals surface area contributed by atoms with E-state index in [9.17, 15) is 9.59 Å². The fourth-order valence-electron chi connectivity index (χ4n) is 5.90. The summed E-state index contributed by atoms with van der Waals surface area (Å²) in [7, 11) is 2.08. The molecule has 1 N–H and O–H groups in total. The number of carbonyl (C=O) groups is 2. The Kier molecular flexibility index (Phi) is 8.42. The Morgan fingerprint density at radius 1 is 1.03 bits per heavy atom. The van der Waals surface area contributed by atoms with Crippen LogP contribution in [-0.4, -0.2) is 51.5 Å². The topological polar surface area (TPSA) is 67.2 Å². The van der Waals surface area contributed by atoms with E-state index in [1.807, 2.05) is 30.0 Å². The standard InChI is InChI=1S/C21H25N3O2.C8H17N/c1-3-15-8-10-16(11-9-15)18-12-19-20(26)24(17-6-4-5-7-17)21(2,14-25)13-23(19)22-18;1-9-8-6-4-2-3-5-7-8/h8-12,14,17H,3-7,13H2,1-2H3;8-9H,2-7H2,1H3. The molecular formula is C29H42N4O2. The summed E-state index contributed by atoms with van der Waals surface area (Å²) >= 11 is 0. The minimum absolute atomic E-state index is 0.0679. The highest BCUT2D eigenvalue weighted by Gasteiger charge is 2.46. The van der Waals surface area contributed by atoms with Gasteiger partial charge in [-0.05, 0) is 57.7 Å². The first-order chi connectivity index (χ1) is 17.0. The second-order valence-corrected chi connectivity index (χ2v) is 10.7. The highest BCUT2D eigenvalue weighted by atomic mass is 16.2. The average Bonchev–Trinajstić information content (AvgIpc) is 3.48. The molecule has 2 aliphatic carbocycles. The van der Waals surface area contributed by atoms with Gasteiger partial charge in [0.25, 0.3) is 5.91 Å². The Bertz CT molecular complexity index is 985. The second-order valence-electron chi connectivity index (χ2n) is 10.7. The molecule has 3 aliphatic rings. The van der Waals surface area contributed by atoms with E-state index in [1.165, 1.54) is 44.1 Å². The molecular weight excluding hydrogens is 436 g/mol. The van der Waals surface area contributed by atoms with Crippen LogP contribution in [0, 0.1) is 0 Å². The van der Waals surface area contributed by atoms with Crippen LogP contribution < -0.4 is 5.32 Å². The van der Waals surface area contributed by atoms with Gasteiger partial charge in [0.1, 0.15) is 17.5 Å². The number of hydrogen-bond donors (Lipinski definition) is 1. The van der Waals surface area contributed by atoms with Crippen LogP contribution in [0.25, 0.3) is 11.3 Å². The monoisotopic (exact) mass is 478 g/mol. The van der Waals surface area contributed by atoms with Gasteiger partial charge in [-0.3, -0.25) is 9.48 Å². The highest BCUT2D eigenvalue weighted by Crippen LogP contribution is 2.35. The van der Waals surface area contributed by atoms with Gasteiger partial charge in [-0.2, -0.15) is 5.10 Å². The predicted molar refractivity (Wildman–Crippen MR) is 140 cm³/mol. The van der Waals surface area contributed by atoms with Crippen LogP contribution in [-0.2, 0) is 17.8 Å². The molecule has 6 heteroatoms. The van der Waals surface area contributed by atoms with Gasteiger partial charge >= 0.3 is 0 Å². The van der Waals surface area contributed by atoms with Crippen molar-refractivity contribution in [3.8, 4) is 11.3 Å². The van der Waals surface area contributed by atoms with E-state index in [0.717, 1.165) is 55.7 Å². The SMILES string of the molecule is CCc1ccc(-c2cc3n(n2)CC(C)(C=O)N(C2CCCC2)C3=O)cc1.CNC1CCCCCC1. The van der Waals surface area contributed by atoms with Gasteiger partial charge in [0, 0.05) is 17.6 Å². The largest absolute Gasteiger partial charge is 0.320 e. The van der Waals surface area contributed by atoms with Gasteiger partial charge in [0.05, 0.1) is 12.2 Å². The molecule has 5 rings (SSSR count). The Hall–Kier alpha value is -2.47. The summed E-state index contributed by atoms with van der Waals surface area (Å²) in [6, 6.07) is 11.1. The summed E-state index contributed by atoms with van der Waals surface area (Å²) in [5, 5.41) is 7.99. The number of amides is 1. The van der Waals surface area contributed by atoms with Gasteiger partial charge in [-0.25, -0.2) is 0 Å². The number of nitrogens with zero attached hydrogens (tertiary/aromatic N) is 3. The molecule has 6 nitrogen and oxygen atoms in total. The van der Waals surface area contributed by atoms with Crippen molar-refractivity contribution < 1.29 is 9.59 Å². The van der Waals surface area contributed by atoms with E-state index in [4.69, 9.17) is 0 Å². The third-order valence-electron chi connectivity index (χ3n) is 8.10. The van der Waals surface area contributed by atoms with Crippen molar-refractivity contribution in [1.82, 2.24) is 20.0 Å². The van der Waals surface area contributed by atoms with E-state index < -0.39 is 5.54 Å². The predicted octanol–water partition coefficient (Wildman–Crippen LogP) is 5.40. The van der Waals surface area contributed by atoms with Crippen LogP contribution in [0.4, 0.5) is 0 Å². The van der Waals surface area contributed by atoms with Crippen LogP contribution in [0.15, 0.2) is 30.3 Å². The molecule has 1 aromatic carbocycles. The smallest absolute Gasteiger partial charge is 0.273 e. The summed E-state index contributed by atoms with van der Waals surface area (Å²) < 4.78 is 1.71. The Balaban J connectivity index is 0.000000271. The number of carbonyl (C=O) groups excluding carboxylic acids is 2. The van der Waals surface area contributed by atoms with Crippen molar-refractivity contribution >= 4 is 12.2 Å². The van der Waals surface area contributed by atoms with Crippen LogP contribution >= 0.6 is 0 Å². The van der Waals surface area contributed by atoms with Crippen molar-refractivity contribution in [1.29, 1.82) is 0 Å². The lowest BCUT2D eigenvalue weighted by atomic mass is 9.95. The molecule has 1 aromatic heterocycles. The van der Waals surface area contributed by atoms with Crippen molar-refractivity contribution in [2.75, 3.05) is 7.05 Å². The summed E-state index contributed by atoms with van der Waals surface area (Å²) in [4.78, 5) is 27.0.